The lowest BCUT2D eigenvalue weighted by atomic mass is 10.3. The number of carbonyl (C=O) groups excluding carboxylic acids is 1. The molecule has 0 spiro atoms. The lowest BCUT2D eigenvalue weighted by molar-refractivity contribution is -0.111. The van der Waals surface area contributed by atoms with Gasteiger partial charge in [-0.3, -0.25) is 4.79 Å². The van der Waals surface area contributed by atoms with Gasteiger partial charge in [0.1, 0.15) is 0 Å². The Morgan fingerprint density at radius 2 is 1.93 bits per heavy atom. The maximum absolute atomic E-state index is 11.2. The minimum atomic E-state index is -0.250. The van der Waals surface area contributed by atoms with E-state index in [2.05, 4.69) is 5.32 Å². The fourth-order valence-corrected chi connectivity index (χ4v) is 1.12. The van der Waals surface area contributed by atoms with E-state index in [-0.39, 0.29) is 5.91 Å². The van der Waals surface area contributed by atoms with Crippen molar-refractivity contribution < 1.29 is 4.79 Å². The Hall–Kier alpha value is -0.990. The normalized spacial score (nSPS) is 11.2. The summed E-state index contributed by atoms with van der Waals surface area (Å²) in [6.45, 7) is 1.64. The number of hydrogen-bond acceptors (Lipinski definition) is 1. The molecule has 1 aromatic rings. The predicted octanol–water partition coefficient (Wildman–Crippen LogP) is 3.42. The molecule has 0 saturated carbocycles. The van der Waals surface area contributed by atoms with Crippen LogP contribution in [0.25, 0.3) is 0 Å². The monoisotopic (exact) mass is 229 g/mol. The number of anilines is 1. The van der Waals surface area contributed by atoms with Crippen molar-refractivity contribution in [3.63, 3.8) is 0 Å². The number of hydrogen-bond donors (Lipinski definition) is 1. The number of carbonyl (C=O) groups is 1. The van der Waals surface area contributed by atoms with Crippen molar-refractivity contribution in [2.75, 3.05) is 5.32 Å². The Bertz CT molecular complexity index is 353. The van der Waals surface area contributed by atoms with Crippen molar-refractivity contribution in [2.45, 2.75) is 6.92 Å². The first-order valence-corrected chi connectivity index (χ1v) is 4.74. The summed E-state index contributed by atoms with van der Waals surface area (Å²) in [5.74, 6) is -0.250. The standard InChI is InChI=1S/C10H9Cl2NO/c1-7(11)6-10(14)13-9-4-2-8(12)3-5-9/h2-6H,1H3,(H,13,14). The fourth-order valence-electron chi connectivity index (χ4n) is 0.892. The minimum Gasteiger partial charge on any atom is -0.322 e. The molecule has 14 heavy (non-hydrogen) atoms. The molecule has 0 aromatic heterocycles. The van der Waals surface area contributed by atoms with E-state index in [1.807, 2.05) is 0 Å². The minimum absolute atomic E-state index is 0.250. The average molecular weight is 230 g/mol. The van der Waals surface area contributed by atoms with Crippen molar-refractivity contribution in [1.29, 1.82) is 0 Å². The summed E-state index contributed by atoms with van der Waals surface area (Å²) in [5.41, 5.74) is 0.688. The van der Waals surface area contributed by atoms with Gasteiger partial charge in [-0.25, -0.2) is 0 Å². The summed E-state index contributed by atoms with van der Waals surface area (Å²) in [4.78, 5) is 11.2. The Morgan fingerprint density at radius 3 is 2.43 bits per heavy atom. The largest absolute Gasteiger partial charge is 0.322 e. The molecule has 0 aliphatic carbocycles. The number of benzene rings is 1. The molecular formula is C10H9Cl2NO. The number of halogens is 2. The zero-order valence-electron chi connectivity index (χ0n) is 7.55. The molecule has 0 aliphatic heterocycles. The van der Waals surface area contributed by atoms with Crippen LogP contribution in [0.3, 0.4) is 0 Å². The van der Waals surface area contributed by atoms with E-state index in [4.69, 9.17) is 23.2 Å². The van der Waals surface area contributed by atoms with Gasteiger partial charge in [-0.05, 0) is 31.2 Å². The quantitative estimate of drug-likeness (QED) is 0.775. The van der Waals surface area contributed by atoms with Crippen molar-refractivity contribution >= 4 is 34.8 Å². The van der Waals surface area contributed by atoms with Crippen molar-refractivity contribution in [3.05, 3.63) is 40.4 Å². The molecule has 74 valence electrons. The zero-order chi connectivity index (χ0) is 10.6. The summed E-state index contributed by atoms with van der Waals surface area (Å²) < 4.78 is 0. The highest BCUT2D eigenvalue weighted by Gasteiger charge is 1.98. The first-order chi connectivity index (χ1) is 6.58. The maximum Gasteiger partial charge on any atom is 0.249 e. The highest BCUT2D eigenvalue weighted by molar-refractivity contribution is 6.31. The van der Waals surface area contributed by atoms with Crippen molar-refractivity contribution in [3.8, 4) is 0 Å². The van der Waals surface area contributed by atoms with E-state index in [1.165, 1.54) is 6.08 Å². The molecule has 0 atom stereocenters. The van der Waals surface area contributed by atoms with E-state index in [1.54, 1.807) is 31.2 Å². The summed E-state index contributed by atoms with van der Waals surface area (Å²) in [7, 11) is 0. The van der Waals surface area contributed by atoms with Crippen LogP contribution in [0.5, 0.6) is 0 Å². The summed E-state index contributed by atoms with van der Waals surface area (Å²) in [5, 5.41) is 3.71. The molecule has 0 radical (unpaired) electrons. The topological polar surface area (TPSA) is 29.1 Å². The van der Waals surface area contributed by atoms with Crippen LogP contribution < -0.4 is 5.32 Å². The van der Waals surface area contributed by atoms with Gasteiger partial charge in [-0.15, -0.1) is 0 Å². The molecule has 0 bridgehead atoms. The smallest absolute Gasteiger partial charge is 0.249 e. The lowest BCUT2D eigenvalue weighted by Crippen LogP contribution is -2.07. The van der Waals surface area contributed by atoms with Gasteiger partial charge in [0.25, 0.3) is 0 Å². The molecule has 1 rings (SSSR count). The Kier molecular flexibility index (Phi) is 3.98. The SMILES string of the molecule is CC(Cl)=CC(=O)Nc1ccc(Cl)cc1. The van der Waals surface area contributed by atoms with Gasteiger partial charge >= 0.3 is 0 Å². The van der Waals surface area contributed by atoms with Gasteiger partial charge in [0.2, 0.25) is 5.91 Å². The average Bonchev–Trinajstić information content (AvgIpc) is 2.07. The molecule has 1 aromatic carbocycles. The molecule has 0 aliphatic rings. The zero-order valence-corrected chi connectivity index (χ0v) is 9.06. The van der Waals surface area contributed by atoms with Crippen LogP contribution in [0, 0.1) is 0 Å². The van der Waals surface area contributed by atoms with Gasteiger partial charge in [0.05, 0.1) is 0 Å². The van der Waals surface area contributed by atoms with Crippen molar-refractivity contribution in [1.82, 2.24) is 0 Å². The van der Waals surface area contributed by atoms with E-state index in [0.717, 1.165) is 0 Å². The molecule has 0 saturated heterocycles. The van der Waals surface area contributed by atoms with Gasteiger partial charge in [-0.1, -0.05) is 23.2 Å². The Balaban J connectivity index is 2.66. The van der Waals surface area contributed by atoms with Gasteiger partial charge in [0.15, 0.2) is 0 Å². The Morgan fingerprint density at radius 1 is 1.36 bits per heavy atom. The Labute approximate surface area is 92.5 Å². The van der Waals surface area contributed by atoms with Crippen LogP contribution in [0.15, 0.2) is 35.4 Å². The van der Waals surface area contributed by atoms with E-state index < -0.39 is 0 Å². The molecule has 0 unspecified atom stereocenters. The molecule has 1 N–H and O–H groups in total. The van der Waals surface area contributed by atoms with Crippen LogP contribution in [-0.4, -0.2) is 5.91 Å². The van der Waals surface area contributed by atoms with Crippen LogP contribution in [-0.2, 0) is 4.79 Å². The molecule has 0 heterocycles. The third-order valence-electron chi connectivity index (χ3n) is 1.44. The van der Waals surface area contributed by atoms with E-state index in [9.17, 15) is 4.79 Å². The predicted molar refractivity (Wildman–Crippen MR) is 59.7 cm³/mol. The molecule has 1 amide bonds. The highest BCUT2D eigenvalue weighted by Crippen LogP contribution is 2.13. The third-order valence-corrected chi connectivity index (χ3v) is 1.80. The molecule has 4 heteroatoms. The first-order valence-electron chi connectivity index (χ1n) is 3.98. The number of amides is 1. The van der Waals surface area contributed by atoms with Crippen LogP contribution in [0.1, 0.15) is 6.92 Å². The number of nitrogens with one attached hydrogen (secondary N) is 1. The van der Waals surface area contributed by atoms with Crippen molar-refractivity contribution in [2.24, 2.45) is 0 Å². The van der Waals surface area contributed by atoms with Crippen LogP contribution in [0.2, 0.25) is 5.02 Å². The van der Waals surface area contributed by atoms with Gasteiger partial charge in [-0.2, -0.15) is 0 Å². The van der Waals surface area contributed by atoms with Gasteiger partial charge < -0.3 is 5.32 Å². The second-order valence-electron chi connectivity index (χ2n) is 2.73. The third kappa shape index (κ3) is 3.81. The highest BCUT2D eigenvalue weighted by atomic mass is 35.5. The summed E-state index contributed by atoms with van der Waals surface area (Å²) in [6, 6.07) is 6.85. The van der Waals surface area contributed by atoms with E-state index in [0.29, 0.717) is 15.7 Å². The molecule has 2 nitrogen and oxygen atoms in total. The summed E-state index contributed by atoms with van der Waals surface area (Å²) >= 11 is 11.2. The second kappa shape index (κ2) is 5.03. The number of allylic oxidation sites excluding steroid dienone is 1. The summed E-state index contributed by atoms with van der Waals surface area (Å²) in [6.07, 6.45) is 1.32. The molecule has 0 fully saturated rings. The molecular weight excluding hydrogens is 221 g/mol. The van der Waals surface area contributed by atoms with E-state index >= 15 is 0 Å². The van der Waals surface area contributed by atoms with Crippen LogP contribution in [0.4, 0.5) is 5.69 Å². The first kappa shape index (κ1) is 11.1. The number of rotatable bonds is 2. The lowest BCUT2D eigenvalue weighted by Gasteiger charge is -2.01. The van der Waals surface area contributed by atoms with Gasteiger partial charge in [0, 0.05) is 21.8 Å². The fraction of sp³-hybridized carbons (Fsp3) is 0.100. The second-order valence-corrected chi connectivity index (χ2v) is 3.76. The van der Waals surface area contributed by atoms with Crippen LogP contribution >= 0.6 is 23.2 Å². The maximum atomic E-state index is 11.2.